The molecular formula is C18H27NOS. The van der Waals surface area contributed by atoms with Crippen LogP contribution in [0.3, 0.4) is 0 Å². The van der Waals surface area contributed by atoms with Gasteiger partial charge in [0.2, 0.25) is 0 Å². The Kier molecular flexibility index (Phi) is 5.75. The number of nitrogens with zero attached hydrogens (tertiary/aromatic N) is 1. The Bertz CT molecular complexity index is 495. The van der Waals surface area contributed by atoms with Crippen molar-refractivity contribution in [3.63, 3.8) is 0 Å². The molecule has 0 spiro atoms. The van der Waals surface area contributed by atoms with E-state index in [9.17, 15) is 5.11 Å². The first kappa shape index (κ1) is 17.9. The molecule has 21 heavy (non-hydrogen) atoms. The molecule has 0 aromatic heterocycles. The molecule has 0 saturated heterocycles. The van der Waals surface area contributed by atoms with Crippen molar-refractivity contribution in [1.82, 2.24) is 0 Å². The quantitative estimate of drug-likeness (QED) is 0.599. The highest BCUT2D eigenvalue weighted by molar-refractivity contribution is 7.99. The summed E-state index contributed by atoms with van der Waals surface area (Å²) in [5, 5.41) is 19.3. The van der Waals surface area contributed by atoms with E-state index in [1.54, 1.807) is 11.8 Å². The lowest BCUT2D eigenvalue weighted by Gasteiger charge is -2.28. The first-order valence-corrected chi connectivity index (χ1v) is 8.43. The van der Waals surface area contributed by atoms with Gasteiger partial charge in [-0.3, -0.25) is 0 Å². The zero-order valence-electron chi connectivity index (χ0n) is 14.1. The van der Waals surface area contributed by atoms with E-state index < -0.39 is 0 Å². The molecule has 0 aliphatic rings. The van der Waals surface area contributed by atoms with Crippen LogP contribution in [0.1, 0.15) is 65.5 Å². The molecule has 116 valence electrons. The van der Waals surface area contributed by atoms with E-state index in [-0.39, 0.29) is 10.8 Å². The number of phenolic OH excluding ortho intramolecular Hbond substituents is 1. The van der Waals surface area contributed by atoms with Crippen molar-refractivity contribution in [3.05, 3.63) is 23.3 Å². The van der Waals surface area contributed by atoms with Crippen LogP contribution < -0.4 is 0 Å². The van der Waals surface area contributed by atoms with Crippen LogP contribution in [0.4, 0.5) is 0 Å². The van der Waals surface area contributed by atoms with Gasteiger partial charge < -0.3 is 5.11 Å². The fraction of sp³-hybridized carbons (Fsp3) is 0.611. The van der Waals surface area contributed by atoms with E-state index in [0.29, 0.717) is 12.2 Å². The molecule has 3 heteroatoms. The van der Waals surface area contributed by atoms with Gasteiger partial charge in [0.05, 0.1) is 6.07 Å². The number of benzene rings is 1. The van der Waals surface area contributed by atoms with E-state index in [2.05, 4.69) is 59.7 Å². The van der Waals surface area contributed by atoms with Crippen LogP contribution in [0.25, 0.3) is 0 Å². The third kappa shape index (κ3) is 4.97. The van der Waals surface area contributed by atoms with E-state index in [1.165, 1.54) is 4.90 Å². The first-order chi connectivity index (χ1) is 9.57. The Hall–Kier alpha value is -1.14. The van der Waals surface area contributed by atoms with Gasteiger partial charge in [-0.15, -0.1) is 11.8 Å². The van der Waals surface area contributed by atoms with Gasteiger partial charge >= 0.3 is 0 Å². The molecule has 0 aliphatic carbocycles. The summed E-state index contributed by atoms with van der Waals surface area (Å²) in [4.78, 5) is 1.18. The SMILES string of the molecule is CC(C)(C)c1cc(SCCCC#N)cc(C(C)(C)C)c1O. The van der Waals surface area contributed by atoms with Crippen molar-refractivity contribution in [2.24, 2.45) is 0 Å². The summed E-state index contributed by atoms with van der Waals surface area (Å²) in [6, 6.07) is 6.38. The number of nitriles is 1. The second-order valence-electron chi connectivity index (χ2n) is 7.48. The maximum absolute atomic E-state index is 10.6. The number of hydrogen-bond donors (Lipinski definition) is 1. The van der Waals surface area contributed by atoms with Gasteiger partial charge in [-0.1, -0.05) is 41.5 Å². The number of thioether (sulfide) groups is 1. The van der Waals surface area contributed by atoms with Gasteiger partial charge in [-0.05, 0) is 35.1 Å². The van der Waals surface area contributed by atoms with Crippen molar-refractivity contribution >= 4 is 11.8 Å². The van der Waals surface area contributed by atoms with Crippen LogP contribution in [0.5, 0.6) is 5.75 Å². The molecule has 1 rings (SSSR count). The highest BCUT2D eigenvalue weighted by Crippen LogP contribution is 2.41. The van der Waals surface area contributed by atoms with Crippen LogP contribution >= 0.6 is 11.8 Å². The van der Waals surface area contributed by atoms with Crippen LogP contribution in [-0.2, 0) is 10.8 Å². The Morgan fingerprint density at radius 3 is 1.90 bits per heavy atom. The Morgan fingerprint density at radius 2 is 1.52 bits per heavy atom. The van der Waals surface area contributed by atoms with E-state index in [4.69, 9.17) is 5.26 Å². The fourth-order valence-electron chi connectivity index (χ4n) is 2.18. The smallest absolute Gasteiger partial charge is 0.123 e. The molecule has 0 radical (unpaired) electrons. The second kappa shape index (κ2) is 6.75. The van der Waals surface area contributed by atoms with Crippen LogP contribution in [0.2, 0.25) is 0 Å². The minimum Gasteiger partial charge on any atom is -0.507 e. The number of aromatic hydroxyl groups is 1. The molecule has 2 nitrogen and oxygen atoms in total. The van der Waals surface area contributed by atoms with Gasteiger partial charge in [-0.2, -0.15) is 5.26 Å². The maximum Gasteiger partial charge on any atom is 0.123 e. The number of hydrogen-bond acceptors (Lipinski definition) is 3. The molecule has 0 bridgehead atoms. The highest BCUT2D eigenvalue weighted by Gasteiger charge is 2.26. The minimum absolute atomic E-state index is 0.0900. The van der Waals surface area contributed by atoms with Crippen molar-refractivity contribution in [1.29, 1.82) is 5.26 Å². The van der Waals surface area contributed by atoms with E-state index >= 15 is 0 Å². The van der Waals surface area contributed by atoms with Crippen molar-refractivity contribution < 1.29 is 5.11 Å². The Balaban J connectivity index is 3.19. The summed E-state index contributed by atoms with van der Waals surface area (Å²) in [6.45, 7) is 12.7. The third-order valence-corrected chi connectivity index (χ3v) is 4.46. The standard InChI is InChI=1S/C18H27NOS/c1-17(2,3)14-11-13(21-10-8-7-9-19)12-15(16(14)20)18(4,5)6/h11-12,20H,7-8,10H2,1-6H3. The molecular weight excluding hydrogens is 278 g/mol. The second-order valence-corrected chi connectivity index (χ2v) is 8.65. The average Bonchev–Trinajstić information content (AvgIpc) is 2.33. The molecule has 0 aliphatic heterocycles. The van der Waals surface area contributed by atoms with Gasteiger partial charge in [0.25, 0.3) is 0 Å². The van der Waals surface area contributed by atoms with Crippen LogP contribution in [0, 0.1) is 11.3 Å². The summed E-state index contributed by atoms with van der Waals surface area (Å²) in [7, 11) is 0. The molecule has 0 saturated carbocycles. The maximum atomic E-state index is 10.6. The molecule has 0 amide bonds. The lowest BCUT2D eigenvalue weighted by molar-refractivity contribution is 0.422. The van der Waals surface area contributed by atoms with Crippen LogP contribution in [-0.4, -0.2) is 10.9 Å². The average molecular weight is 305 g/mol. The zero-order valence-corrected chi connectivity index (χ0v) is 14.9. The fourth-order valence-corrected chi connectivity index (χ4v) is 3.10. The lowest BCUT2D eigenvalue weighted by Crippen LogP contribution is -2.17. The number of rotatable bonds is 4. The summed E-state index contributed by atoms with van der Waals surface area (Å²) >= 11 is 1.77. The minimum atomic E-state index is -0.0900. The van der Waals surface area contributed by atoms with Crippen molar-refractivity contribution in [2.45, 2.75) is 70.1 Å². The van der Waals surface area contributed by atoms with Crippen molar-refractivity contribution in [2.75, 3.05) is 5.75 Å². The van der Waals surface area contributed by atoms with E-state index in [1.807, 2.05) is 0 Å². The highest BCUT2D eigenvalue weighted by atomic mass is 32.2. The monoisotopic (exact) mass is 305 g/mol. The predicted octanol–water partition coefficient (Wildman–Crippen LogP) is 5.38. The third-order valence-electron chi connectivity index (χ3n) is 3.40. The Morgan fingerprint density at radius 1 is 1.05 bits per heavy atom. The molecule has 1 aromatic carbocycles. The molecule has 0 fully saturated rings. The normalized spacial score (nSPS) is 12.2. The first-order valence-electron chi connectivity index (χ1n) is 7.45. The molecule has 0 unspecified atom stereocenters. The van der Waals surface area contributed by atoms with Crippen LogP contribution in [0.15, 0.2) is 17.0 Å². The van der Waals surface area contributed by atoms with Gasteiger partial charge in [0, 0.05) is 22.4 Å². The topological polar surface area (TPSA) is 44.0 Å². The van der Waals surface area contributed by atoms with E-state index in [0.717, 1.165) is 23.3 Å². The van der Waals surface area contributed by atoms with Crippen molar-refractivity contribution in [3.8, 4) is 11.8 Å². The molecule has 1 aromatic rings. The predicted molar refractivity (Wildman–Crippen MR) is 91.1 cm³/mol. The Labute approximate surface area is 133 Å². The summed E-state index contributed by atoms with van der Waals surface area (Å²) in [5.41, 5.74) is 1.82. The summed E-state index contributed by atoms with van der Waals surface area (Å²) in [5.74, 6) is 1.36. The number of phenols is 1. The summed E-state index contributed by atoms with van der Waals surface area (Å²) in [6.07, 6.45) is 1.50. The van der Waals surface area contributed by atoms with Gasteiger partial charge in [0.1, 0.15) is 5.75 Å². The molecule has 0 heterocycles. The number of unbranched alkanes of at least 4 members (excludes halogenated alkanes) is 1. The van der Waals surface area contributed by atoms with Gasteiger partial charge in [0.15, 0.2) is 0 Å². The molecule has 1 N–H and O–H groups in total. The molecule has 0 atom stereocenters. The zero-order chi connectivity index (χ0) is 16.3. The van der Waals surface area contributed by atoms with Gasteiger partial charge in [-0.25, -0.2) is 0 Å². The lowest BCUT2D eigenvalue weighted by atomic mass is 9.79. The largest absolute Gasteiger partial charge is 0.507 e. The summed E-state index contributed by atoms with van der Waals surface area (Å²) < 4.78 is 0.